The highest BCUT2D eigenvalue weighted by Crippen LogP contribution is 2.34. The zero-order valence-electron chi connectivity index (χ0n) is 8.64. The van der Waals surface area contributed by atoms with Crippen molar-refractivity contribution in [3.8, 4) is 0 Å². The van der Waals surface area contributed by atoms with Gasteiger partial charge >= 0.3 is 0 Å². The van der Waals surface area contributed by atoms with Crippen LogP contribution in [0.3, 0.4) is 0 Å². The molecule has 0 radical (unpaired) electrons. The predicted octanol–water partition coefficient (Wildman–Crippen LogP) is 3.28. The Balaban J connectivity index is 2.31. The minimum atomic E-state index is 0.668. The van der Waals surface area contributed by atoms with E-state index in [9.17, 15) is 0 Å². The molecule has 2 aromatic rings. The molecule has 2 heterocycles. The van der Waals surface area contributed by atoms with Crippen LogP contribution in [0.4, 0.5) is 5.69 Å². The van der Waals surface area contributed by atoms with E-state index in [4.69, 9.17) is 5.73 Å². The maximum Gasteiger partial charge on any atom is 0.115 e. The van der Waals surface area contributed by atoms with E-state index in [-0.39, 0.29) is 0 Å². The highest BCUT2D eigenvalue weighted by Gasteiger charge is 2.06. The third-order valence-electron chi connectivity index (χ3n) is 1.96. The summed E-state index contributed by atoms with van der Waals surface area (Å²) in [5.74, 6) is 0. The van der Waals surface area contributed by atoms with Crippen LogP contribution in [0.1, 0.15) is 5.56 Å². The average molecular weight is 296 g/mol. The highest BCUT2D eigenvalue weighted by molar-refractivity contribution is 9.10. The summed E-state index contributed by atoms with van der Waals surface area (Å²) in [6.45, 7) is 2.01. The third-order valence-corrected chi connectivity index (χ3v) is 3.94. The molecule has 0 saturated heterocycles. The van der Waals surface area contributed by atoms with Gasteiger partial charge in [-0.2, -0.15) is 0 Å². The number of hydrogen-bond acceptors (Lipinski definition) is 4. The molecule has 2 N–H and O–H groups in total. The van der Waals surface area contributed by atoms with Gasteiger partial charge in [0.1, 0.15) is 5.03 Å². The number of nitrogens with zero attached hydrogens (tertiary/aromatic N) is 2. The van der Waals surface area contributed by atoms with Gasteiger partial charge in [-0.25, -0.2) is 4.98 Å². The van der Waals surface area contributed by atoms with Gasteiger partial charge in [-0.05, 0) is 40.5 Å². The van der Waals surface area contributed by atoms with Gasteiger partial charge in [-0.3, -0.25) is 4.98 Å². The van der Waals surface area contributed by atoms with Crippen LogP contribution in [0.25, 0.3) is 0 Å². The molecular formula is C11H10BrN3S. The molecule has 3 nitrogen and oxygen atoms in total. The van der Waals surface area contributed by atoms with E-state index < -0.39 is 0 Å². The first-order chi connectivity index (χ1) is 7.66. The van der Waals surface area contributed by atoms with Gasteiger partial charge in [0.2, 0.25) is 0 Å². The smallest absolute Gasteiger partial charge is 0.115 e. The monoisotopic (exact) mass is 295 g/mol. The number of anilines is 1. The van der Waals surface area contributed by atoms with Crippen LogP contribution in [0.15, 0.2) is 45.1 Å². The number of aryl methyl sites for hydroxylation is 1. The van der Waals surface area contributed by atoms with Gasteiger partial charge in [0.15, 0.2) is 0 Å². The fraction of sp³-hybridized carbons (Fsp3) is 0.0909. The summed E-state index contributed by atoms with van der Waals surface area (Å²) in [4.78, 5) is 9.27. The predicted molar refractivity (Wildman–Crippen MR) is 69.4 cm³/mol. The minimum Gasteiger partial charge on any atom is -0.397 e. The van der Waals surface area contributed by atoms with Crippen LogP contribution in [0.5, 0.6) is 0 Å². The molecule has 0 fully saturated rings. The first-order valence-corrected chi connectivity index (χ1v) is 6.27. The molecule has 0 aromatic carbocycles. The van der Waals surface area contributed by atoms with Gasteiger partial charge in [-0.1, -0.05) is 11.8 Å². The SMILES string of the molecule is Cc1cnc(Sc2ccncc2N)c(Br)c1. The lowest BCUT2D eigenvalue weighted by atomic mass is 10.3. The van der Waals surface area contributed by atoms with Crippen molar-refractivity contribution in [2.24, 2.45) is 0 Å². The van der Waals surface area contributed by atoms with Crippen molar-refractivity contribution in [3.05, 3.63) is 40.8 Å². The van der Waals surface area contributed by atoms with E-state index in [2.05, 4.69) is 25.9 Å². The van der Waals surface area contributed by atoms with Gasteiger partial charge in [-0.15, -0.1) is 0 Å². The Morgan fingerprint density at radius 2 is 2.19 bits per heavy atom. The molecular weight excluding hydrogens is 286 g/mol. The quantitative estimate of drug-likeness (QED) is 0.924. The fourth-order valence-corrected chi connectivity index (χ4v) is 2.66. The number of nitrogens with two attached hydrogens (primary N) is 1. The van der Waals surface area contributed by atoms with E-state index in [1.54, 1.807) is 12.4 Å². The topological polar surface area (TPSA) is 51.8 Å². The van der Waals surface area contributed by atoms with Crippen LogP contribution in [-0.4, -0.2) is 9.97 Å². The van der Waals surface area contributed by atoms with Crippen molar-refractivity contribution < 1.29 is 0 Å². The lowest BCUT2D eigenvalue weighted by Crippen LogP contribution is -1.90. The van der Waals surface area contributed by atoms with E-state index >= 15 is 0 Å². The van der Waals surface area contributed by atoms with Crippen molar-refractivity contribution >= 4 is 33.4 Å². The second-order valence-corrected chi connectivity index (χ2v) is 5.20. The number of aromatic nitrogens is 2. The van der Waals surface area contributed by atoms with E-state index in [1.807, 2.05) is 25.3 Å². The fourth-order valence-electron chi connectivity index (χ4n) is 1.19. The van der Waals surface area contributed by atoms with Crippen molar-refractivity contribution in [1.29, 1.82) is 0 Å². The molecule has 0 amide bonds. The van der Waals surface area contributed by atoms with Gasteiger partial charge in [0, 0.05) is 17.3 Å². The molecule has 2 aromatic heterocycles. The summed E-state index contributed by atoms with van der Waals surface area (Å²) in [5, 5.41) is 0.906. The first-order valence-electron chi connectivity index (χ1n) is 4.66. The molecule has 0 saturated carbocycles. The van der Waals surface area contributed by atoms with E-state index in [1.165, 1.54) is 11.8 Å². The summed E-state index contributed by atoms with van der Waals surface area (Å²) in [6, 6.07) is 3.92. The average Bonchev–Trinajstić information content (AvgIpc) is 2.25. The Kier molecular flexibility index (Phi) is 3.46. The zero-order valence-corrected chi connectivity index (χ0v) is 11.0. The standard InChI is InChI=1S/C11H10BrN3S/c1-7-4-8(12)11(15-5-7)16-10-2-3-14-6-9(10)13/h2-6H,13H2,1H3. The molecule has 2 rings (SSSR count). The lowest BCUT2D eigenvalue weighted by Gasteiger charge is -2.05. The van der Waals surface area contributed by atoms with Crippen LogP contribution in [0.2, 0.25) is 0 Å². The molecule has 0 aliphatic rings. The van der Waals surface area contributed by atoms with E-state index in [0.717, 1.165) is 20.0 Å². The second-order valence-electron chi connectivity index (χ2n) is 3.32. The zero-order chi connectivity index (χ0) is 11.5. The number of pyridine rings is 2. The molecule has 0 aliphatic heterocycles. The number of hydrogen-bond donors (Lipinski definition) is 1. The van der Waals surface area contributed by atoms with Crippen molar-refractivity contribution in [2.45, 2.75) is 16.8 Å². The van der Waals surface area contributed by atoms with E-state index in [0.29, 0.717) is 5.69 Å². The molecule has 16 heavy (non-hydrogen) atoms. The van der Waals surface area contributed by atoms with Crippen LogP contribution in [0, 0.1) is 6.92 Å². The summed E-state index contributed by atoms with van der Waals surface area (Å²) in [5.41, 5.74) is 7.61. The summed E-state index contributed by atoms with van der Waals surface area (Å²) < 4.78 is 0.980. The molecule has 82 valence electrons. The molecule has 5 heteroatoms. The van der Waals surface area contributed by atoms with Gasteiger partial charge in [0.25, 0.3) is 0 Å². The highest BCUT2D eigenvalue weighted by atomic mass is 79.9. The molecule has 0 spiro atoms. The number of rotatable bonds is 2. The Labute approximate surface area is 107 Å². The lowest BCUT2D eigenvalue weighted by molar-refractivity contribution is 1.08. The Bertz CT molecular complexity index is 516. The van der Waals surface area contributed by atoms with Crippen molar-refractivity contribution in [2.75, 3.05) is 5.73 Å². The number of halogens is 1. The third kappa shape index (κ3) is 2.54. The maximum absolute atomic E-state index is 5.82. The Hall–Kier alpha value is -1.07. The molecule has 0 bridgehead atoms. The normalized spacial score (nSPS) is 10.4. The Morgan fingerprint density at radius 1 is 1.38 bits per heavy atom. The molecule has 0 aliphatic carbocycles. The summed E-state index contributed by atoms with van der Waals surface area (Å²) in [6.07, 6.45) is 5.20. The Morgan fingerprint density at radius 3 is 2.88 bits per heavy atom. The maximum atomic E-state index is 5.82. The first kappa shape index (κ1) is 11.4. The largest absolute Gasteiger partial charge is 0.397 e. The van der Waals surface area contributed by atoms with Gasteiger partial charge in [0.05, 0.1) is 16.4 Å². The number of nitrogen functional groups attached to an aromatic ring is 1. The second kappa shape index (κ2) is 4.84. The molecule has 0 atom stereocenters. The molecule has 0 unspecified atom stereocenters. The minimum absolute atomic E-state index is 0.668. The van der Waals surface area contributed by atoms with Crippen molar-refractivity contribution in [1.82, 2.24) is 9.97 Å². The van der Waals surface area contributed by atoms with Crippen molar-refractivity contribution in [3.63, 3.8) is 0 Å². The van der Waals surface area contributed by atoms with Crippen LogP contribution < -0.4 is 5.73 Å². The summed E-state index contributed by atoms with van der Waals surface area (Å²) >= 11 is 5.02. The van der Waals surface area contributed by atoms with Gasteiger partial charge < -0.3 is 5.73 Å². The van der Waals surface area contributed by atoms with Crippen LogP contribution >= 0.6 is 27.7 Å². The summed E-state index contributed by atoms with van der Waals surface area (Å²) in [7, 11) is 0. The van der Waals surface area contributed by atoms with Crippen LogP contribution in [-0.2, 0) is 0 Å².